The summed E-state index contributed by atoms with van der Waals surface area (Å²) in [5.74, 6) is -1.83. The first-order chi connectivity index (χ1) is 13.9. The summed E-state index contributed by atoms with van der Waals surface area (Å²) in [6, 6.07) is 13.2. The summed E-state index contributed by atoms with van der Waals surface area (Å²) < 4.78 is 5.77. The quantitative estimate of drug-likeness (QED) is 0.389. The van der Waals surface area contributed by atoms with Crippen molar-refractivity contribution in [3.05, 3.63) is 48.0 Å². The second kappa shape index (κ2) is 9.04. The largest absolute Gasteiger partial charge is 0.479 e. The molecule has 1 aromatic heterocycles. The van der Waals surface area contributed by atoms with Crippen LogP contribution in [0.1, 0.15) is 26.3 Å². The molecule has 0 saturated heterocycles. The second-order valence-electron chi connectivity index (χ2n) is 7.19. The van der Waals surface area contributed by atoms with E-state index < -0.39 is 29.6 Å². The number of oxazole rings is 1. The fourth-order valence-corrected chi connectivity index (χ4v) is 2.58. The molecule has 2 atom stereocenters. The minimum atomic E-state index is -2.02. The Morgan fingerprint density at radius 2 is 1.70 bits per heavy atom. The van der Waals surface area contributed by atoms with Crippen LogP contribution < -0.4 is 5.73 Å². The molecule has 3 aromatic rings. The van der Waals surface area contributed by atoms with Crippen molar-refractivity contribution < 1.29 is 34.4 Å². The van der Waals surface area contributed by atoms with Gasteiger partial charge in [0.1, 0.15) is 11.6 Å². The fourth-order valence-electron chi connectivity index (χ4n) is 2.58. The van der Waals surface area contributed by atoms with Crippen LogP contribution in [0, 0.1) is 0 Å². The molecule has 2 aromatic carbocycles. The number of carboxylic acid groups (broad SMARTS) is 1. The molecule has 30 heavy (non-hydrogen) atoms. The molecule has 9 heteroatoms. The van der Waals surface area contributed by atoms with Gasteiger partial charge in [0.25, 0.3) is 0 Å². The predicted octanol–water partition coefficient (Wildman–Crippen LogP) is 1.69. The summed E-state index contributed by atoms with van der Waals surface area (Å²) in [6.07, 6.45) is -3.84. The maximum atomic E-state index is 10.2. The van der Waals surface area contributed by atoms with Crippen LogP contribution in [0.3, 0.4) is 0 Å². The Hall–Kier alpha value is -3.27. The van der Waals surface area contributed by atoms with Crippen molar-refractivity contribution in [2.45, 2.75) is 38.6 Å². The molecular formula is C21H24N2O7. The highest BCUT2D eigenvalue weighted by Gasteiger charge is 2.26. The number of Topliss-reactive ketones (excluding diaryl/α,β-unsaturated/α-hetero) is 1. The summed E-state index contributed by atoms with van der Waals surface area (Å²) in [4.78, 5) is 24.5. The maximum absolute atomic E-state index is 10.2. The van der Waals surface area contributed by atoms with E-state index in [0.717, 1.165) is 12.5 Å². The van der Waals surface area contributed by atoms with E-state index in [9.17, 15) is 14.7 Å². The third-order valence-electron chi connectivity index (χ3n) is 4.21. The lowest BCUT2D eigenvalue weighted by Crippen LogP contribution is -2.38. The molecule has 0 amide bonds. The zero-order valence-electron chi connectivity index (χ0n) is 16.7. The number of aliphatic carboxylic acids is 1. The number of nitrogens with two attached hydrogens (primary N) is 1. The molecule has 0 aliphatic heterocycles. The van der Waals surface area contributed by atoms with Gasteiger partial charge < -0.3 is 30.6 Å². The summed E-state index contributed by atoms with van der Waals surface area (Å²) in [7, 11) is 0. The molecule has 0 radical (unpaired) electrons. The molecule has 9 nitrogen and oxygen atoms in total. The van der Waals surface area contributed by atoms with Gasteiger partial charge in [-0.1, -0.05) is 18.2 Å². The van der Waals surface area contributed by atoms with Crippen LogP contribution in [-0.4, -0.2) is 49.4 Å². The lowest BCUT2D eigenvalue weighted by Gasteiger charge is -2.19. The van der Waals surface area contributed by atoms with Gasteiger partial charge >= 0.3 is 5.97 Å². The van der Waals surface area contributed by atoms with Gasteiger partial charge in [0.05, 0.1) is 5.60 Å². The Bertz CT molecular complexity index is 1020. The number of nitrogen functional groups attached to an aromatic ring is 1. The third-order valence-corrected chi connectivity index (χ3v) is 4.21. The molecular weight excluding hydrogens is 392 g/mol. The van der Waals surface area contributed by atoms with E-state index in [2.05, 4.69) is 4.98 Å². The topological polar surface area (TPSA) is 167 Å². The minimum absolute atomic E-state index is 0.512. The van der Waals surface area contributed by atoms with Gasteiger partial charge in [-0.3, -0.25) is 4.79 Å². The van der Waals surface area contributed by atoms with Gasteiger partial charge in [0.2, 0.25) is 5.89 Å². The monoisotopic (exact) mass is 416 g/mol. The van der Waals surface area contributed by atoms with Gasteiger partial charge in [-0.15, -0.1) is 0 Å². The molecule has 0 spiro atoms. The first-order valence-electron chi connectivity index (χ1n) is 8.99. The lowest BCUT2D eigenvalue weighted by atomic mass is 9.96. The number of nitrogens with zero attached hydrogens (tertiary/aromatic N) is 1. The number of anilines is 1. The molecule has 3 rings (SSSR count). The number of carboxylic acids is 1. The number of fused-ring (bicyclic) bond motifs is 1. The lowest BCUT2D eigenvalue weighted by molar-refractivity contribution is -0.156. The summed E-state index contributed by atoms with van der Waals surface area (Å²) in [5.41, 5.74) is 8.33. The summed E-state index contributed by atoms with van der Waals surface area (Å²) in [6.45, 7) is 4.38. The zero-order chi connectivity index (χ0) is 22.6. The van der Waals surface area contributed by atoms with Crippen LogP contribution in [0.5, 0.6) is 0 Å². The Labute approximate surface area is 172 Å². The van der Waals surface area contributed by atoms with E-state index >= 15 is 0 Å². The molecule has 0 bridgehead atoms. The van der Waals surface area contributed by atoms with Crippen LogP contribution in [0.4, 0.5) is 5.69 Å². The number of benzene rings is 2. The molecule has 6 N–H and O–H groups in total. The van der Waals surface area contributed by atoms with E-state index in [0.29, 0.717) is 28.2 Å². The van der Waals surface area contributed by atoms with E-state index in [1.807, 2.05) is 30.3 Å². The Kier molecular flexibility index (Phi) is 6.93. The van der Waals surface area contributed by atoms with E-state index in [1.54, 1.807) is 26.0 Å². The normalized spacial score (nSPS) is 13.3. The summed E-state index contributed by atoms with van der Waals surface area (Å²) >= 11 is 0. The van der Waals surface area contributed by atoms with Gasteiger partial charge in [-0.25, -0.2) is 9.78 Å². The fraction of sp³-hybridized carbons (Fsp3) is 0.286. The van der Waals surface area contributed by atoms with Gasteiger partial charge in [0, 0.05) is 16.8 Å². The number of aromatic nitrogens is 1. The second-order valence-corrected chi connectivity index (χ2v) is 7.19. The van der Waals surface area contributed by atoms with Crippen LogP contribution in [0.25, 0.3) is 22.6 Å². The zero-order valence-corrected chi connectivity index (χ0v) is 16.7. The summed E-state index contributed by atoms with van der Waals surface area (Å²) in [5, 5.41) is 35.2. The Morgan fingerprint density at radius 1 is 1.10 bits per heavy atom. The highest BCUT2D eigenvalue weighted by atomic mass is 16.4. The number of hydrogen-bond acceptors (Lipinski definition) is 8. The highest BCUT2D eigenvalue weighted by Crippen LogP contribution is 2.32. The van der Waals surface area contributed by atoms with Crippen molar-refractivity contribution in [3.63, 3.8) is 0 Å². The molecule has 0 aliphatic carbocycles. The van der Waals surface area contributed by atoms with Gasteiger partial charge in [0.15, 0.2) is 17.5 Å². The molecule has 1 heterocycles. The standard InChI is InChI=1S/C16H16N2O2.C5H8O5/c1-16(2,19)11-8-14-13(9-12(11)17)18-15(20-14)10-6-4-3-5-7-10;1-2(6)3(7)4(8)5(9)10/h3-9,19H,17H2,1-2H3;3-4,7-8H,1H3,(H,9,10). The number of carbonyl (C=O) groups excluding carboxylic acids is 1. The van der Waals surface area contributed by atoms with Crippen LogP contribution in [0.15, 0.2) is 46.9 Å². The third kappa shape index (κ3) is 5.41. The number of hydrogen-bond donors (Lipinski definition) is 5. The number of ketones is 1. The number of aliphatic hydroxyl groups is 3. The molecule has 0 fully saturated rings. The van der Waals surface area contributed by atoms with Crippen LogP contribution in [-0.2, 0) is 15.2 Å². The smallest absolute Gasteiger partial charge is 0.335 e. The van der Waals surface area contributed by atoms with Crippen molar-refractivity contribution in [1.29, 1.82) is 0 Å². The van der Waals surface area contributed by atoms with E-state index in [-0.39, 0.29) is 0 Å². The van der Waals surface area contributed by atoms with E-state index in [4.69, 9.17) is 25.5 Å². The Morgan fingerprint density at radius 3 is 2.17 bits per heavy atom. The highest BCUT2D eigenvalue weighted by molar-refractivity contribution is 5.87. The SMILES string of the molecule is CC(=O)C(O)C(O)C(=O)O.CC(C)(O)c1cc2oc(-c3ccccc3)nc2cc1N. The molecule has 0 saturated carbocycles. The van der Waals surface area contributed by atoms with Crippen molar-refractivity contribution in [3.8, 4) is 11.5 Å². The van der Waals surface area contributed by atoms with Gasteiger partial charge in [-0.05, 0) is 45.0 Å². The first-order valence-corrected chi connectivity index (χ1v) is 8.99. The predicted molar refractivity (Wildman–Crippen MR) is 109 cm³/mol. The van der Waals surface area contributed by atoms with Gasteiger partial charge in [-0.2, -0.15) is 0 Å². The average Bonchev–Trinajstić information content (AvgIpc) is 3.09. The maximum Gasteiger partial charge on any atom is 0.335 e. The molecule has 2 unspecified atom stereocenters. The van der Waals surface area contributed by atoms with E-state index in [1.165, 1.54) is 0 Å². The number of aliphatic hydroxyl groups excluding tert-OH is 2. The Balaban J connectivity index is 0.000000274. The van der Waals surface area contributed by atoms with Crippen molar-refractivity contribution in [2.24, 2.45) is 0 Å². The minimum Gasteiger partial charge on any atom is -0.479 e. The average molecular weight is 416 g/mol. The van der Waals surface area contributed by atoms with Crippen molar-refractivity contribution in [2.75, 3.05) is 5.73 Å². The number of rotatable bonds is 5. The van der Waals surface area contributed by atoms with Crippen LogP contribution >= 0.6 is 0 Å². The van der Waals surface area contributed by atoms with Crippen molar-refractivity contribution >= 4 is 28.5 Å². The van der Waals surface area contributed by atoms with Crippen LogP contribution in [0.2, 0.25) is 0 Å². The molecule has 0 aliphatic rings. The van der Waals surface area contributed by atoms with Crippen molar-refractivity contribution in [1.82, 2.24) is 4.98 Å². The molecule has 160 valence electrons. The first kappa shape index (κ1) is 23.0. The number of carbonyl (C=O) groups is 2.